The van der Waals surface area contributed by atoms with Crippen LogP contribution in [0, 0.1) is 11.3 Å². The lowest BCUT2D eigenvalue weighted by Crippen LogP contribution is -2.05. The summed E-state index contributed by atoms with van der Waals surface area (Å²) in [7, 11) is 0. The molecule has 0 radical (unpaired) electrons. The zero-order chi connectivity index (χ0) is 17.8. The molecule has 126 valence electrons. The summed E-state index contributed by atoms with van der Waals surface area (Å²) in [6.07, 6.45) is 2.43. The van der Waals surface area contributed by atoms with Crippen LogP contribution in [0.4, 0.5) is 0 Å². The first-order chi connectivity index (χ1) is 12.1. The lowest BCUT2D eigenvalue weighted by Gasteiger charge is -2.08. The van der Waals surface area contributed by atoms with Crippen molar-refractivity contribution in [3.8, 4) is 28.7 Å². The highest BCUT2D eigenvalue weighted by Gasteiger charge is 2.12. The van der Waals surface area contributed by atoms with Gasteiger partial charge in [-0.15, -0.1) is 0 Å². The predicted molar refractivity (Wildman–Crippen MR) is 94.9 cm³/mol. The Labute approximate surface area is 148 Å². The molecule has 0 saturated heterocycles. The Bertz CT molecular complexity index is 1020. The molecule has 25 heavy (non-hydrogen) atoms. The molecular formula is C19H14ClNO4. The summed E-state index contributed by atoms with van der Waals surface area (Å²) in [4.78, 5) is 12.7. The number of aromatic hydroxyl groups is 1. The molecule has 0 amide bonds. The van der Waals surface area contributed by atoms with Crippen LogP contribution < -0.4 is 10.2 Å². The zero-order valence-electron chi connectivity index (χ0n) is 13.2. The first-order valence-electron chi connectivity index (χ1n) is 7.64. The van der Waals surface area contributed by atoms with E-state index < -0.39 is 0 Å². The number of phenols is 1. The van der Waals surface area contributed by atoms with E-state index in [0.29, 0.717) is 41.7 Å². The average Bonchev–Trinajstić information content (AvgIpc) is 2.61. The van der Waals surface area contributed by atoms with Gasteiger partial charge < -0.3 is 14.3 Å². The summed E-state index contributed by atoms with van der Waals surface area (Å²) in [5.41, 5.74) is 1.04. The topological polar surface area (TPSA) is 83.5 Å². The van der Waals surface area contributed by atoms with Crippen molar-refractivity contribution in [3.63, 3.8) is 0 Å². The Kier molecular flexibility index (Phi) is 4.92. The summed E-state index contributed by atoms with van der Waals surface area (Å²) in [5.74, 6) is 0.469. The quantitative estimate of drug-likeness (QED) is 0.681. The number of nitriles is 1. The van der Waals surface area contributed by atoms with Crippen LogP contribution in [0.15, 0.2) is 51.9 Å². The molecule has 5 nitrogen and oxygen atoms in total. The lowest BCUT2D eigenvalue weighted by molar-refractivity contribution is 0.313. The van der Waals surface area contributed by atoms with Gasteiger partial charge in [-0.1, -0.05) is 23.7 Å². The van der Waals surface area contributed by atoms with Gasteiger partial charge in [-0.2, -0.15) is 5.26 Å². The third-order valence-corrected chi connectivity index (χ3v) is 3.99. The molecule has 6 heteroatoms. The molecule has 0 aliphatic rings. The fourth-order valence-electron chi connectivity index (χ4n) is 2.43. The van der Waals surface area contributed by atoms with Gasteiger partial charge in [0.25, 0.3) is 0 Å². The maximum atomic E-state index is 12.7. The second-order valence-corrected chi connectivity index (χ2v) is 5.82. The summed E-state index contributed by atoms with van der Waals surface area (Å²) >= 11 is 5.89. The molecular weight excluding hydrogens is 342 g/mol. The van der Waals surface area contributed by atoms with E-state index in [0.717, 1.165) is 0 Å². The molecule has 1 aromatic heterocycles. The Hall–Kier alpha value is -2.97. The Morgan fingerprint density at radius 3 is 2.92 bits per heavy atom. The number of benzene rings is 2. The summed E-state index contributed by atoms with van der Waals surface area (Å²) < 4.78 is 11.1. The fraction of sp³-hybridized carbons (Fsp3) is 0.158. The van der Waals surface area contributed by atoms with Gasteiger partial charge in [0, 0.05) is 12.5 Å². The monoisotopic (exact) mass is 355 g/mol. The van der Waals surface area contributed by atoms with Gasteiger partial charge in [0.15, 0.2) is 0 Å². The molecule has 0 aliphatic carbocycles. The van der Waals surface area contributed by atoms with E-state index >= 15 is 0 Å². The van der Waals surface area contributed by atoms with Crippen molar-refractivity contribution >= 4 is 22.6 Å². The maximum Gasteiger partial charge on any atom is 0.200 e. The van der Waals surface area contributed by atoms with Crippen LogP contribution >= 0.6 is 11.6 Å². The third kappa shape index (κ3) is 3.59. The standard InChI is InChI=1S/C19H14ClNO4/c20-16-9-14-18(10-17(16)22)25-11-15(19(14)23)12-4-3-5-13(8-12)24-7-2-1-6-21/h3-5,8-11,22H,1-2,7H2. The van der Waals surface area contributed by atoms with Gasteiger partial charge >= 0.3 is 0 Å². The molecule has 3 aromatic rings. The smallest absolute Gasteiger partial charge is 0.200 e. The SMILES string of the molecule is N#CCCCOc1cccc(-c2coc3cc(O)c(Cl)cc3c2=O)c1. The molecule has 3 rings (SSSR count). The van der Waals surface area contributed by atoms with E-state index in [1.165, 1.54) is 18.4 Å². The van der Waals surface area contributed by atoms with Crippen LogP contribution in [0.3, 0.4) is 0 Å². The number of unbranched alkanes of at least 4 members (excludes halogenated alkanes) is 1. The lowest BCUT2D eigenvalue weighted by atomic mass is 10.1. The fourth-order valence-corrected chi connectivity index (χ4v) is 2.60. The maximum absolute atomic E-state index is 12.7. The number of hydrogen-bond acceptors (Lipinski definition) is 5. The number of nitrogens with zero attached hydrogens (tertiary/aromatic N) is 1. The van der Waals surface area contributed by atoms with Gasteiger partial charge in [0.1, 0.15) is 23.3 Å². The molecule has 0 atom stereocenters. The van der Waals surface area contributed by atoms with Crippen molar-refractivity contribution < 1.29 is 14.3 Å². The number of hydrogen-bond donors (Lipinski definition) is 1. The van der Waals surface area contributed by atoms with E-state index in [4.69, 9.17) is 26.0 Å². The van der Waals surface area contributed by atoms with Crippen LogP contribution in [0.1, 0.15) is 12.8 Å². The Morgan fingerprint density at radius 1 is 1.28 bits per heavy atom. The molecule has 1 heterocycles. The highest BCUT2D eigenvalue weighted by molar-refractivity contribution is 6.32. The van der Waals surface area contributed by atoms with Crippen LogP contribution in [0.2, 0.25) is 5.02 Å². The Morgan fingerprint density at radius 2 is 2.12 bits per heavy atom. The van der Waals surface area contributed by atoms with E-state index in [1.54, 1.807) is 24.3 Å². The Balaban J connectivity index is 1.97. The third-order valence-electron chi connectivity index (χ3n) is 3.69. The molecule has 0 unspecified atom stereocenters. The normalized spacial score (nSPS) is 10.6. The predicted octanol–water partition coefficient (Wildman–Crippen LogP) is 4.50. The van der Waals surface area contributed by atoms with E-state index in [9.17, 15) is 9.90 Å². The van der Waals surface area contributed by atoms with Crippen molar-refractivity contribution in [2.75, 3.05) is 6.61 Å². The van der Waals surface area contributed by atoms with E-state index in [2.05, 4.69) is 6.07 Å². The van der Waals surface area contributed by atoms with Gasteiger partial charge in [-0.05, 0) is 30.2 Å². The minimum atomic E-state index is -0.246. The minimum Gasteiger partial charge on any atom is -0.506 e. The van der Waals surface area contributed by atoms with Crippen LogP contribution in [0.5, 0.6) is 11.5 Å². The average molecular weight is 356 g/mol. The highest BCUT2D eigenvalue weighted by atomic mass is 35.5. The van der Waals surface area contributed by atoms with Crippen LogP contribution in [-0.2, 0) is 0 Å². The van der Waals surface area contributed by atoms with Crippen LogP contribution in [0.25, 0.3) is 22.1 Å². The first-order valence-corrected chi connectivity index (χ1v) is 8.02. The summed E-state index contributed by atoms with van der Waals surface area (Å²) in [6, 6.07) is 11.9. The molecule has 2 aromatic carbocycles. The van der Waals surface area contributed by atoms with E-state index in [1.807, 2.05) is 0 Å². The minimum absolute atomic E-state index is 0.0894. The van der Waals surface area contributed by atoms with Gasteiger partial charge in [0.05, 0.1) is 28.6 Å². The molecule has 1 N–H and O–H groups in total. The molecule has 0 spiro atoms. The van der Waals surface area contributed by atoms with Crippen molar-refractivity contribution in [2.24, 2.45) is 0 Å². The van der Waals surface area contributed by atoms with Gasteiger partial charge in [-0.3, -0.25) is 4.79 Å². The number of halogens is 1. The second kappa shape index (κ2) is 7.29. The highest BCUT2D eigenvalue weighted by Crippen LogP contribution is 2.29. The molecule has 0 fully saturated rings. The summed E-state index contributed by atoms with van der Waals surface area (Å²) in [5, 5.41) is 18.5. The number of fused-ring (bicyclic) bond motifs is 1. The van der Waals surface area contributed by atoms with Crippen molar-refractivity contribution in [1.82, 2.24) is 0 Å². The van der Waals surface area contributed by atoms with Crippen LogP contribution in [-0.4, -0.2) is 11.7 Å². The van der Waals surface area contributed by atoms with E-state index in [-0.39, 0.29) is 21.8 Å². The number of phenolic OH excluding ortho intramolecular Hbond substituents is 1. The van der Waals surface area contributed by atoms with Crippen molar-refractivity contribution in [1.29, 1.82) is 5.26 Å². The number of ether oxygens (including phenoxy) is 1. The van der Waals surface area contributed by atoms with Crippen molar-refractivity contribution in [3.05, 3.63) is 57.9 Å². The van der Waals surface area contributed by atoms with Crippen molar-refractivity contribution in [2.45, 2.75) is 12.8 Å². The summed E-state index contributed by atoms with van der Waals surface area (Å²) in [6.45, 7) is 0.429. The first kappa shape index (κ1) is 16.9. The molecule has 0 bridgehead atoms. The largest absolute Gasteiger partial charge is 0.506 e. The molecule has 0 saturated carbocycles. The number of rotatable bonds is 5. The van der Waals surface area contributed by atoms with Gasteiger partial charge in [-0.25, -0.2) is 0 Å². The van der Waals surface area contributed by atoms with Gasteiger partial charge in [0.2, 0.25) is 5.43 Å². The zero-order valence-corrected chi connectivity index (χ0v) is 13.9. The molecule has 0 aliphatic heterocycles. The second-order valence-electron chi connectivity index (χ2n) is 5.42.